The molecule has 0 saturated heterocycles. The Morgan fingerprint density at radius 1 is 1.00 bits per heavy atom. The van der Waals surface area contributed by atoms with Crippen LogP contribution >= 0.6 is 11.8 Å². The number of amides is 1. The number of nitrogen functional groups attached to an aromatic ring is 1. The maximum Gasteiger partial charge on any atom is 0.259 e. The molecule has 6 heteroatoms. The highest BCUT2D eigenvalue weighted by atomic mass is 32.2. The van der Waals surface area contributed by atoms with Crippen molar-refractivity contribution >= 4 is 29.2 Å². The second kappa shape index (κ2) is 7.93. The third kappa shape index (κ3) is 4.34. The molecule has 3 aromatic rings. The van der Waals surface area contributed by atoms with Gasteiger partial charge in [-0.05, 0) is 67.6 Å². The van der Waals surface area contributed by atoms with Gasteiger partial charge in [0.05, 0.1) is 12.7 Å². The second-order valence-electron chi connectivity index (χ2n) is 5.64. The summed E-state index contributed by atoms with van der Waals surface area (Å²) in [4.78, 5) is 18.6. The van der Waals surface area contributed by atoms with Crippen LogP contribution in [0.25, 0.3) is 0 Å². The molecule has 132 valence electrons. The van der Waals surface area contributed by atoms with Gasteiger partial charge in [0.15, 0.2) is 0 Å². The van der Waals surface area contributed by atoms with E-state index < -0.39 is 0 Å². The van der Waals surface area contributed by atoms with Crippen LogP contribution in [0.3, 0.4) is 0 Å². The minimum Gasteiger partial charge on any atom is -0.497 e. The van der Waals surface area contributed by atoms with Crippen LogP contribution in [0, 0.1) is 6.92 Å². The molecule has 0 spiro atoms. The molecule has 3 N–H and O–H groups in total. The zero-order valence-electron chi connectivity index (χ0n) is 14.5. The Morgan fingerprint density at radius 3 is 2.19 bits per heavy atom. The van der Waals surface area contributed by atoms with Gasteiger partial charge in [0.1, 0.15) is 11.6 Å². The summed E-state index contributed by atoms with van der Waals surface area (Å²) in [6, 6.07) is 19.0. The monoisotopic (exact) mass is 365 g/mol. The lowest BCUT2D eigenvalue weighted by Gasteiger charge is -2.08. The summed E-state index contributed by atoms with van der Waals surface area (Å²) < 4.78 is 5.16. The molecule has 5 nitrogen and oxygen atoms in total. The van der Waals surface area contributed by atoms with Gasteiger partial charge in [-0.15, -0.1) is 0 Å². The first-order valence-electron chi connectivity index (χ1n) is 8.01. The second-order valence-corrected chi connectivity index (χ2v) is 6.79. The zero-order chi connectivity index (χ0) is 18.5. The van der Waals surface area contributed by atoms with Crippen molar-refractivity contribution in [2.45, 2.75) is 16.7 Å². The number of hydrogen-bond acceptors (Lipinski definition) is 5. The third-order valence-corrected chi connectivity index (χ3v) is 4.73. The van der Waals surface area contributed by atoms with Gasteiger partial charge in [-0.3, -0.25) is 4.79 Å². The Hall–Kier alpha value is -2.99. The van der Waals surface area contributed by atoms with Crippen molar-refractivity contribution in [2.75, 3.05) is 18.2 Å². The van der Waals surface area contributed by atoms with Gasteiger partial charge in [0, 0.05) is 21.2 Å². The lowest BCUT2D eigenvalue weighted by molar-refractivity contribution is 0.102. The van der Waals surface area contributed by atoms with Crippen LogP contribution < -0.4 is 15.8 Å². The van der Waals surface area contributed by atoms with Gasteiger partial charge < -0.3 is 15.8 Å². The number of nitrogens with zero attached hydrogens (tertiary/aromatic N) is 1. The van der Waals surface area contributed by atoms with Crippen molar-refractivity contribution in [3.8, 4) is 5.75 Å². The number of pyridine rings is 1. The number of methoxy groups -OCH3 is 1. The van der Waals surface area contributed by atoms with E-state index in [1.165, 1.54) is 0 Å². The molecule has 0 aliphatic carbocycles. The van der Waals surface area contributed by atoms with Gasteiger partial charge in [-0.1, -0.05) is 11.8 Å². The molecule has 26 heavy (non-hydrogen) atoms. The van der Waals surface area contributed by atoms with Gasteiger partial charge in [-0.25, -0.2) is 4.98 Å². The summed E-state index contributed by atoms with van der Waals surface area (Å²) in [6.45, 7) is 1.83. The van der Waals surface area contributed by atoms with Crippen molar-refractivity contribution in [2.24, 2.45) is 0 Å². The standard InChI is InChI=1S/C20H19N3O2S/c1-13-3-12-18(19(21)22-13)20(24)23-14-4-8-16(9-5-14)26-17-10-6-15(25-2)7-11-17/h3-12H,1-2H3,(H2,21,22)(H,23,24). The van der Waals surface area contributed by atoms with Crippen LogP contribution in [-0.2, 0) is 0 Å². The molecule has 0 fully saturated rings. The quantitative estimate of drug-likeness (QED) is 0.701. The molecular weight excluding hydrogens is 346 g/mol. The summed E-state index contributed by atoms with van der Waals surface area (Å²) in [7, 11) is 1.65. The number of ether oxygens (including phenoxy) is 1. The van der Waals surface area contributed by atoms with E-state index in [1.807, 2.05) is 55.5 Å². The number of anilines is 2. The maximum absolute atomic E-state index is 12.3. The van der Waals surface area contributed by atoms with E-state index in [9.17, 15) is 4.79 Å². The van der Waals surface area contributed by atoms with Crippen LogP contribution in [-0.4, -0.2) is 18.0 Å². The SMILES string of the molecule is COc1ccc(Sc2ccc(NC(=O)c3ccc(C)nc3N)cc2)cc1. The predicted octanol–water partition coefficient (Wildman–Crippen LogP) is 4.38. The van der Waals surface area contributed by atoms with E-state index in [2.05, 4.69) is 10.3 Å². The number of nitrogens with one attached hydrogen (secondary N) is 1. The summed E-state index contributed by atoms with van der Waals surface area (Å²) >= 11 is 1.64. The van der Waals surface area contributed by atoms with Gasteiger partial charge in [0.25, 0.3) is 5.91 Å². The van der Waals surface area contributed by atoms with Crippen molar-refractivity contribution in [3.05, 3.63) is 71.9 Å². The van der Waals surface area contributed by atoms with E-state index in [1.54, 1.807) is 31.0 Å². The number of aromatic nitrogens is 1. The summed E-state index contributed by atoms with van der Waals surface area (Å²) in [6.07, 6.45) is 0. The molecule has 0 unspecified atom stereocenters. The maximum atomic E-state index is 12.3. The summed E-state index contributed by atoms with van der Waals surface area (Å²) in [5.41, 5.74) is 7.67. The summed E-state index contributed by atoms with van der Waals surface area (Å²) in [5.74, 6) is 0.789. The number of hydrogen-bond donors (Lipinski definition) is 2. The number of carbonyl (C=O) groups is 1. The molecule has 1 amide bonds. The average Bonchev–Trinajstić information content (AvgIpc) is 2.64. The van der Waals surface area contributed by atoms with Crippen molar-refractivity contribution in [3.63, 3.8) is 0 Å². The van der Waals surface area contributed by atoms with Crippen LogP contribution in [0.5, 0.6) is 5.75 Å². The Labute approximate surface area is 156 Å². The predicted molar refractivity (Wildman–Crippen MR) is 105 cm³/mol. The Bertz CT molecular complexity index is 909. The molecule has 0 radical (unpaired) electrons. The Kier molecular flexibility index (Phi) is 5.43. The van der Waals surface area contributed by atoms with E-state index >= 15 is 0 Å². The normalized spacial score (nSPS) is 10.4. The molecular formula is C20H19N3O2S. The highest BCUT2D eigenvalue weighted by Gasteiger charge is 2.11. The highest BCUT2D eigenvalue weighted by Crippen LogP contribution is 2.29. The average molecular weight is 365 g/mol. The molecule has 0 aliphatic rings. The molecule has 0 atom stereocenters. The van der Waals surface area contributed by atoms with Crippen molar-refractivity contribution < 1.29 is 9.53 Å². The van der Waals surface area contributed by atoms with Crippen LogP contribution in [0.4, 0.5) is 11.5 Å². The molecule has 0 bridgehead atoms. The lowest BCUT2D eigenvalue weighted by atomic mass is 10.2. The number of carbonyl (C=O) groups excluding carboxylic acids is 1. The van der Waals surface area contributed by atoms with Gasteiger partial charge >= 0.3 is 0 Å². The third-order valence-electron chi connectivity index (χ3n) is 3.72. The summed E-state index contributed by atoms with van der Waals surface area (Å²) in [5, 5.41) is 2.84. The fraction of sp³-hybridized carbons (Fsp3) is 0.100. The molecule has 1 aromatic heterocycles. The zero-order valence-corrected chi connectivity index (χ0v) is 15.3. The van der Waals surface area contributed by atoms with Crippen LogP contribution in [0.1, 0.15) is 16.1 Å². The van der Waals surface area contributed by atoms with E-state index in [-0.39, 0.29) is 11.7 Å². The van der Waals surface area contributed by atoms with Gasteiger partial charge in [0.2, 0.25) is 0 Å². The van der Waals surface area contributed by atoms with Crippen LogP contribution in [0.2, 0.25) is 0 Å². The van der Waals surface area contributed by atoms with Crippen LogP contribution in [0.15, 0.2) is 70.5 Å². The highest BCUT2D eigenvalue weighted by molar-refractivity contribution is 7.99. The van der Waals surface area contributed by atoms with Crippen molar-refractivity contribution in [1.82, 2.24) is 4.98 Å². The molecule has 0 saturated carbocycles. The van der Waals surface area contributed by atoms with E-state index in [0.717, 1.165) is 21.2 Å². The van der Waals surface area contributed by atoms with E-state index in [4.69, 9.17) is 10.5 Å². The first-order valence-corrected chi connectivity index (χ1v) is 8.83. The first kappa shape index (κ1) is 17.8. The molecule has 0 aliphatic heterocycles. The fourth-order valence-electron chi connectivity index (χ4n) is 2.35. The molecule has 1 heterocycles. The lowest BCUT2D eigenvalue weighted by Crippen LogP contribution is -2.15. The number of rotatable bonds is 5. The first-order chi connectivity index (χ1) is 12.5. The topological polar surface area (TPSA) is 77.2 Å². The molecule has 2 aromatic carbocycles. The largest absolute Gasteiger partial charge is 0.497 e. The fourth-order valence-corrected chi connectivity index (χ4v) is 3.17. The number of aryl methyl sites for hydroxylation is 1. The van der Waals surface area contributed by atoms with Gasteiger partial charge in [-0.2, -0.15) is 0 Å². The Balaban J connectivity index is 1.66. The number of nitrogens with two attached hydrogens (primary N) is 1. The van der Waals surface area contributed by atoms with E-state index in [0.29, 0.717) is 11.3 Å². The number of benzene rings is 2. The minimum atomic E-state index is -0.273. The smallest absolute Gasteiger partial charge is 0.259 e. The van der Waals surface area contributed by atoms with Crippen molar-refractivity contribution in [1.29, 1.82) is 0 Å². The Morgan fingerprint density at radius 2 is 1.62 bits per heavy atom. The minimum absolute atomic E-state index is 0.231. The molecule has 3 rings (SSSR count).